The lowest BCUT2D eigenvalue weighted by molar-refractivity contribution is 0.242. The van der Waals surface area contributed by atoms with Crippen LogP contribution < -0.4 is 0 Å². The third-order valence-corrected chi connectivity index (χ3v) is 3.74. The first-order valence-electron chi connectivity index (χ1n) is 5.86. The number of hydrogen-bond acceptors (Lipinski definition) is 2. The molecule has 0 radical (unpaired) electrons. The Kier molecular flexibility index (Phi) is 4.99. The van der Waals surface area contributed by atoms with E-state index >= 15 is 0 Å². The first-order valence-corrected chi connectivity index (χ1v) is 6.65. The molecule has 0 aliphatic heterocycles. The fraction of sp³-hybridized carbons (Fsp3) is 0.750. The van der Waals surface area contributed by atoms with Gasteiger partial charge in [0.1, 0.15) is 0 Å². The van der Waals surface area contributed by atoms with Gasteiger partial charge in [-0.15, -0.1) is 0 Å². The standard InChI is InChI=1S/C12H22BrN3/c1-6-16(7-9(2)3)8-11-12(13)10(4)14-15(11)5/h9H,6-8H2,1-5H3. The Morgan fingerprint density at radius 3 is 2.44 bits per heavy atom. The second kappa shape index (κ2) is 5.82. The Morgan fingerprint density at radius 2 is 2.06 bits per heavy atom. The average molecular weight is 288 g/mol. The summed E-state index contributed by atoms with van der Waals surface area (Å²) in [5.41, 5.74) is 2.33. The average Bonchev–Trinajstić information content (AvgIpc) is 2.43. The highest BCUT2D eigenvalue weighted by molar-refractivity contribution is 9.10. The predicted molar refractivity (Wildman–Crippen MR) is 71.4 cm³/mol. The van der Waals surface area contributed by atoms with Crippen LogP contribution in [0.4, 0.5) is 0 Å². The molecule has 0 atom stereocenters. The lowest BCUT2D eigenvalue weighted by atomic mass is 10.2. The second-order valence-corrected chi connectivity index (χ2v) is 5.48. The zero-order valence-electron chi connectivity index (χ0n) is 10.9. The maximum Gasteiger partial charge on any atom is 0.0739 e. The minimum atomic E-state index is 0.702. The molecule has 3 nitrogen and oxygen atoms in total. The maximum atomic E-state index is 4.42. The molecule has 0 N–H and O–H groups in total. The highest BCUT2D eigenvalue weighted by atomic mass is 79.9. The minimum absolute atomic E-state index is 0.702. The van der Waals surface area contributed by atoms with Gasteiger partial charge in [-0.05, 0) is 35.3 Å². The molecule has 1 heterocycles. The van der Waals surface area contributed by atoms with Crippen LogP contribution >= 0.6 is 15.9 Å². The van der Waals surface area contributed by atoms with Gasteiger partial charge in [0.05, 0.1) is 15.9 Å². The summed E-state index contributed by atoms with van der Waals surface area (Å²) in [7, 11) is 2.01. The van der Waals surface area contributed by atoms with Crippen molar-refractivity contribution in [1.82, 2.24) is 14.7 Å². The molecule has 0 bridgehead atoms. The molecule has 0 saturated heterocycles. The third-order valence-electron chi connectivity index (χ3n) is 2.71. The molecule has 1 aromatic heterocycles. The number of nitrogens with zero attached hydrogens (tertiary/aromatic N) is 3. The Bertz CT molecular complexity index is 344. The largest absolute Gasteiger partial charge is 0.298 e. The van der Waals surface area contributed by atoms with Crippen LogP contribution in [0.3, 0.4) is 0 Å². The molecule has 4 heteroatoms. The summed E-state index contributed by atoms with van der Waals surface area (Å²) in [6, 6.07) is 0. The molecular formula is C12H22BrN3. The van der Waals surface area contributed by atoms with Crippen LogP contribution in [0.15, 0.2) is 4.47 Å². The number of aryl methyl sites for hydroxylation is 2. The van der Waals surface area contributed by atoms with E-state index in [1.807, 2.05) is 18.7 Å². The van der Waals surface area contributed by atoms with Gasteiger partial charge in [-0.3, -0.25) is 9.58 Å². The number of halogens is 1. The van der Waals surface area contributed by atoms with Gasteiger partial charge < -0.3 is 0 Å². The molecule has 16 heavy (non-hydrogen) atoms. The molecule has 1 rings (SSSR count). The summed E-state index contributed by atoms with van der Waals surface area (Å²) in [6.07, 6.45) is 0. The van der Waals surface area contributed by atoms with Crippen LogP contribution in [-0.2, 0) is 13.6 Å². The predicted octanol–water partition coefficient (Wildman–Crippen LogP) is 2.97. The highest BCUT2D eigenvalue weighted by Gasteiger charge is 2.14. The van der Waals surface area contributed by atoms with Crippen LogP contribution in [0.2, 0.25) is 0 Å². The number of rotatable bonds is 5. The van der Waals surface area contributed by atoms with Crippen molar-refractivity contribution in [2.45, 2.75) is 34.2 Å². The van der Waals surface area contributed by atoms with Crippen molar-refractivity contribution in [3.8, 4) is 0 Å². The van der Waals surface area contributed by atoms with E-state index in [-0.39, 0.29) is 0 Å². The van der Waals surface area contributed by atoms with Crippen LogP contribution in [0.5, 0.6) is 0 Å². The van der Waals surface area contributed by atoms with Gasteiger partial charge in [0.2, 0.25) is 0 Å². The van der Waals surface area contributed by atoms with E-state index in [0.29, 0.717) is 5.92 Å². The van der Waals surface area contributed by atoms with Crippen molar-refractivity contribution < 1.29 is 0 Å². The zero-order chi connectivity index (χ0) is 12.3. The molecule has 92 valence electrons. The monoisotopic (exact) mass is 287 g/mol. The summed E-state index contributed by atoms with van der Waals surface area (Å²) in [4.78, 5) is 2.45. The zero-order valence-corrected chi connectivity index (χ0v) is 12.5. The topological polar surface area (TPSA) is 21.1 Å². The smallest absolute Gasteiger partial charge is 0.0739 e. The molecule has 0 unspecified atom stereocenters. The van der Waals surface area contributed by atoms with Gasteiger partial charge in [-0.2, -0.15) is 5.10 Å². The molecule has 0 fully saturated rings. The van der Waals surface area contributed by atoms with Crippen molar-refractivity contribution >= 4 is 15.9 Å². The summed E-state index contributed by atoms with van der Waals surface area (Å²) in [5, 5.41) is 4.42. The minimum Gasteiger partial charge on any atom is -0.298 e. The van der Waals surface area contributed by atoms with E-state index in [1.54, 1.807) is 0 Å². The SMILES string of the molecule is CCN(Cc1c(Br)c(C)nn1C)CC(C)C. The Hall–Kier alpha value is -0.350. The summed E-state index contributed by atoms with van der Waals surface area (Å²) >= 11 is 3.61. The summed E-state index contributed by atoms with van der Waals surface area (Å²) < 4.78 is 3.12. The Labute approximate surface area is 107 Å². The third kappa shape index (κ3) is 3.32. The first kappa shape index (κ1) is 13.7. The Morgan fingerprint density at radius 1 is 1.44 bits per heavy atom. The van der Waals surface area contributed by atoms with Crippen molar-refractivity contribution in [1.29, 1.82) is 0 Å². The van der Waals surface area contributed by atoms with Gasteiger partial charge >= 0.3 is 0 Å². The van der Waals surface area contributed by atoms with Gasteiger partial charge in [-0.1, -0.05) is 20.8 Å². The van der Waals surface area contributed by atoms with Gasteiger partial charge in [0, 0.05) is 20.1 Å². The quantitative estimate of drug-likeness (QED) is 0.830. The van der Waals surface area contributed by atoms with E-state index in [0.717, 1.165) is 29.8 Å². The highest BCUT2D eigenvalue weighted by Crippen LogP contribution is 2.21. The van der Waals surface area contributed by atoms with Crippen molar-refractivity contribution in [2.24, 2.45) is 13.0 Å². The van der Waals surface area contributed by atoms with E-state index < -0.39 is 0 Å². The fourth-order valence-corrected chi connectivity index (χ4v) is 2.35. The van der Waals surface area contributed by atoms with Gasteiger partial charge in [0.15, 0.2) is 0 Å². The maximum absolute atomic E-state index is 4.42. The van der Waals surface area contributed by atoms with Crippen LogP contribution in [0, 0.1) is 12.8 Å². The van der Waals surface area contributed by atoms with Crippen LogP contribution in [0.25, 0.3) is 0 Å². The van der Waals surface area contributed by atoms with Crippen LogP contribution in [-0.4, -0.2) is 27.8 Å². The first-order chi connectivity index (χ1) is 7.45. The number of aromatic nitrogens is 2. The molecule has 0 amide bonds. The lowest BCUT2D eigenvalue weighted by Crippen LogP contribution is -2.28. The lowest BCUT2D eigenvalue weighted by Gasteiger charge is -2.22. The van der Waals surface area contributed by atoms with E-state index in [2.05, 4.69) is 46.7 Å². The normalized spacial score (nSPS) is 11.8. The van der Waals surface area contributed by atoms with Crippen molar-refractivity contribution in [3.05, 3.63) is 15.9 Å². The number of hydrogen-bond donors (Lipinski definition) is 0. The Balaban J connectivity index is 2.77. The molecule has 0 aliphatic rings. The molecule has 0 saturated carbocycles. The van der Waals surface area contributed by atoms with Crippen molar-refractivity contribution in [2.75, 3.05) is 13.1 Å². The van der Waals surface area contributed by atoms with Gasteiger partial charge in [0.25, 0.3) is 0 Å². The molecule has 1 aromatic rings. The summed E-state index contributed by atoms with van der Waals surface area (Å²) in [6.45, 7) is 11.9. The van der Waals surface area contributed by atoms with Crippen LogP contribution in [0.1, 0.15) is 32.2 Å². The second-order valence-electron chi connectivity index (χ2n) is 4.69. The molecule has 0 aliphatic carbocycles. The van der Waals surface area contributed by atoms with E-state index in [1.165, 1.54) is 5.69 Å². The molecular weight excluding hydrogens is 266 g/mol. The van der Waals surface area contributed by atoms with Crippen molar-refractivity contribution in [3.63, 3.8) is 0 Å². The molecule has 0 aromatic carbocycles. The van der Waals surface area contributed by atoms with E-state index in [9.17, 15) is 0 Å². The van der Waals surface area contributed by atoms with Gasteiger partial charge in [-0.25, -0.2) is 0 Å². The fourth-order valence-electron chi connectivity index (χ4n) is 1.89. The molecule has 0 spiro atoms. The summed E-state index contributed by atoms with van der Waals surface area (Å²) in [5.74, 6) is 0.702. The van der Waals surface area contributed by atoms with E-state index in [4.69, 9.17) is 0 Å².